The molecule has 1 aliphatic rings. The highest BCUT2D eigenvalue weighted by atomic mass is 35.5. The molecule has 0 amide bonds. The third-order valence-electron chi connectivity index (χ3n) is 2.12. The maximum absolute atomic E-state index is 5.56. The van der Waals surface area contributed by atoms with Crippen molar-refractivity contribution in [3.63, 3.8) is 0 Å². The monoisotopic (exact) mass is 209 g/mol. The van der Waals surface area contributed by atoms with E-state index in [-0.39, 0.29) is 24.8 Å². The molecule has 12 heavy (non-hydrogen) atoms. The Kier molecular flexibility index (Phi) is 4.60. The summed E-state index contributed by atoms with van der Waals surface area (Å²) >= 11 is 0. The van der Waals surface area contributed by atoms with E-state index >= 15 is 0 Å². The molecule has 0 saturated heterocycles. The van der Waals surface area contributed by atoms with Gasteiger partial charge in [-0.05, 0) is 6.42 Å². The Morgan fingerprint density at radius 3 is 3.00 bits per heavy atom. The number of aromatic nitrogens is 2. The topological polar surface area (TPSA) is 43.8 Å². The lowest BCUT2D eigenvalue weighted by atomic mass is 10.2. The van der Waals surface area contributed by atoms with Crippen LogP contribution < -0.4 is 5.73 Å². The predicted octanol–water partition coefficient (Wildman–Crippen LogP) is 1.17. The van der Waals surface area contributed by atoms with Gasteiger partial charge in [-0.15, -0.1) is 24.8 Å². The molecule has 3 nitrogen and oxygen atoms in total. The number of imidazole rings is 1. The largest absolute Gasteiger partial charge is 0.331 e. The van der Waals surface area contributed by atoms with Crippen molar-refractivity contribution in [3.8, 4) is 0 Å². The van der Waals surface area contributed by atoms with Gasteiger partial charge >= 0.3 is 0 Å². The van der Waals surface area contributed by atoms with Crippen molar-refractivity contribution < 1.29 is 0 Å². The Morgan fingerprint density at radius 2 is 2.33 bits per heavy atom. The van der Waals surface area contributed by atoms with Crippen LogP contribution in [0, 0.1) is 0 Å². The van der Waals surface area contributed by atoms with Crippen LogP contribution >= 0.6 is 24.8 Å². The van der Waals surface area contributed by atoms with Crippen LogP contribution in [0.1, 0.15) is 18.3 Å². The molecular weight excluding hydrogens is 197 g/mol. The van der Waals surface area contributed by atoms with Crippen LogP contribution in [0.4, 0.5) is 0 Å². The second kappa shape index (κ2) is 4.70. The van der Waals surface area contributed by atoms with Gasteiger partial charge in [0.25, 0.3) is 0 Å². The molecule has 0 spiro atoms. The first kappa shape index (κ1) is 11.8. The van der Waals surface area contributed by atoms with Crippen LogP contribution in [-0.2, 0) is 6.42 Å². The summed E-state index contributed by atoms with van der Waals surface area (Å²) in [5.74, 6) is 1.19. The first-order valence-corrected chi connectivity index (χ1v) is 3.63. The lowest BCUT2D eigenvalue weighted by molar-refractivity contribution is 0.540. The van der Waals surface area contributed by atoms with Crippen LogP contribution in [0.2, 0.25) is 0 Å². The molecule has 2 heterocycles. The summed E-state index contributed by atoms with van der Waals surface area (Å²) < 4.78 is 2.18. The van der Waals surface area contributed by atoms with Crippen molar-refractivity contribution in [2.45, 2.75) is 18.9 Å². The van der Waals surface area contributed by atoms with Gasteiger partial charge in [-0.2, -0.15) is 0 Å². The van der Waals surface area contributed by atoms with Crippen LogP contribution in [-0.4, -0.2) is 16.1 Å². The highest BCUT2D eigenvalue weighted by Gasteiger charge is 2.19. The van der Waals surface area contributed by atoms with Gasteiger partial charge in [-0.25, -0.2) is 4.98 Å². The number of halogens is 2. The van der Waals surface area contributed by atoms with E-state index in [0.717, 1.165) is 13.0 Å². The minimum Gasteiger partial charge on any atom is -0.331 e. The fraction of sp³-hybridized carbons (Fsp3) is 0.571. The van der Waals surface area contributed by atoms with Crippen LogP contribution in [0.5, 0.6) is 0 Å². The van der Waals surface area contributed by atoms with Crippen molar-refractivity contribution in [2.24, 2.45) is 5.73 Å². The summed E-state index contributed by atoms with van der Waals surface area (Å²) in [6, 6.07) is 0.512. The van der Waals surface area contributed by atoms with E-state index in [9.17, 15) is 0 Å². The lowest BCUT2D eigenvalue weighted by Crippen LogP contribution is -2.14. The third kappa shape index (κ3) is 1.73. The van der Waals surface area contributed by atoms with E-state index in [4.69, 9.17) is 5.73 Å². The van der Waals surface area contributed by atoms with Gasteiger partial charge < -0.3 is 10.3 Å². The van der Waals surface area contributed by atoms with Gasteiger partial charge in [0.1, 0.15) is 5.82 Å². The fourth-order valence-electron chi connectivity index (χ4n) is 1.54. The Bertz CT molecular complexity index is 236. The summed E-state index contributed by atoms with van der Waals surface area (Å²) in [5.41, 5.74) is 5.56. The minimum atomic E-state index is 0. The maximum atomic E-state index is 5.56. The first-order chi connectivity index (χ1) is 4.92. The molecular formula is C7H13Cl2N3. The Balaban J connectivity index is 0.000000605. The van der Waals surface area contributed by atoms with Crippen molar-refractivity contribution >= 4 is 24.8 Å². The van der Waals surface area contributed by atoms with E-state index < -0.39 is 0 Å². The second-order valence-electron chi connectivity index (χ2n) is 2.68. The van der Waals surface area contributed by atoms with Gasteiger partial charge in [0.2, 0.25) is 0 Å². The molecule has 70 valence electrons. The molecule has 0 radical (unpaired) electrons. The zero-order chi connectivity index (χ0) is 6.97. The lowest BCUT2D eigenvalue weighted by Gasteiger charge is -2.07. The zero-order valence-electron chi connectivity index (χ0n) is 6.64. The number of nitrogens with two attached hydrogens (primary N) is 1. The number of aryl methyl sites for hydroxylation is 1. The molecule has 1 aromatic heterocycles. The quantitative estimate of drug-likeness (QED) is 0.756. The first-order valence-electron chi connectivity index (χ1n) is 3.63. The van der Waals surface area contributed by atoms with Gasteiger partial charge in [0, 0.05) is 31.4 Å². The highest BCUT2D eigenvalue weighted by molar-refractivity contribution is 5.85. The number of nitrogens with zero attached hydrogens (tertiary/aromatic N) is 2. The highest BCUT2D eigenvalue weighted by Crippen LogP contribution is 2.22. The van der Waals surface area contributed by atoms with Crippen LogP contribution in [0.15, 0.2) is 12.4 Å². The standard InChI is InChI=1S/C7H11N3.2ClH/c8-5-6-1-2-7-9-3-4-10(6)7;;/h3-4,6H,1-2,5,8H2;2*1H/t6-;;/m0../s1. The van der Waals surface area contributed by atoms with Gasteiger partial charge in [-0.1, -0.05) is 0 Å². The molecule has 1 aromatic rings. The molecule has 2 rings (SSSR count). The van der Waals surface area contributed by atoms with Gasteiger partial charge in [0.05, 0.1) is 0 Å². The average Bonchev–Trinajstić information content (AvgIpc) is 2.44. The maximum Gasteiger partial charge on any atom is 0.109 e. The molecule has 0 unspecified atom stereocenters. The summed E-state index contributed by atoms with van der Waals surface area (Å²) in [7, 11) is 0. The molecule has 0 aliphatic carbocycles. The molecule has 1 aliphatic heterocycles. The van der Waals surface area contributed by atoms with E-state index in [1.54, 1.807) is 0 Å². The van der Waals surface area contributed by atoms with E-state index in [1.165, 1.54) is 12.2 Å². The molecule has 5 heteroatoms. The van der Waals surface area contributed by atoms with Crippen molar-refractivity contribution in [1.82, 2.24) is 9.55 Å². The number of rotatable bonds is 1. The van der Waals surface area contributed by atoms with Crippen LogP contribution in [0.25, 0.3) is 0 Å². The fourth-order valence-corrected chi connectivity index (χ4v) is 1.54. The van der Waals surface area contributed by atoms with Gasteiger partial charge in [0.15, 0.2) is 0 Å². The molecule has 0 saturated carbocycles. The SMILES string of the molecule is Cl.Cl.NC[C@@H]1CCc2nccn21. The zero-order valence-corrected chi connectivity index (χ0v) is 8.27. The number of hydrogen-bond acceptors (Lipinski definition) is 2. The van der Waals surface area contributed by atoms with Crippen LogP contribution in [0.3, 0.4) is 0 Å². The van der Waals surface area contributed by atoms with Crippen molar-refractivity contribution in [1.29, 1.82) is 0 Å². The average molecular weight is 210 g/mol. The minimum absolute atomic E-state index is 0. The molecule has 1 atom stereocenters. The Hall–Kier alpha value is -0.250. The predicted molar refractivity (Wildman–Crippen MR) is 53.1 cm³/mol. The van der Waals surface area contributed by atoms with Crippen molar-refractivity contribution in [2.75, 3.05) is 6.54 Å². The molecule has 0 fully saturated rings. The molecule has 0 aromatic carbocycles. The Labute approximate surface area is 84.2 Å². The molecule has 2 N–H and O–H groups in total. The van der Waals surface area contributed by atoms with E-state index in [2.05, 4.69) is 9.55 Å². The normalized spacial score (nSPS) is 19.2. The summed E-state index contributed by atoms with van der Waals surface area (Å²) in [6.45, 7) is 0.739. The summed E-state index contributed by atoms with van der Waals surface area (Å²) in [6.07, 6.45) is 6.12. The van der Waals surface area contributed by atoms with Crippen molar-refractivity contribution in [3.05, 3.63) is 18.2 Å². The summed E-state index contributed by atoms with van der Waals surface area (Å²) in [5, 5.41) is 0. The Morgan fingerprint density at radius 1 is 1.58 bits per heavy atom. The van der Waals surface area contributed by atoms with E-state index in [1.807, 2.05) is 12.4 Å². The van der Waals surface area contributed by atoms with E-state index in [0.29, 0.717) is 6.04 Å². The second-order valence-corrected chi connectivity index (χ2v) is 2.68. The summed E-state index contributed by atoms with van der Waals surface area (Å²) in [4.78, 5) is 4.20. The number of fused-ring (bicyclic) bond motifs is 1. The van der Waals surface area contributed by atoms with Gasteiger partial charge in [-0.3, -0.25) is 0 Å². The third-order valence-corrected chi connectivity index (χ3v) is 2.12. The number of hydrogen-bond donors (Lipinski definition) is 1. The molecule has 0 bridgehead atoms. The smallest absolute Gasteiger partial charge is 0.109 e.